The molecule has 2 aromatic rings. The first kappa shape index (κ1) is 15.0. The minimum atomic E-state index is -0.566. The third-order valence-electron chi connectivity index (χ3n) is 3.33. The molecule has 0 saturated carbocycles. The normalized spacial score (nSPS) is 16.8. The number of aromatic nitrogens is 3. The number of nitrogens with zero attached hydrogens (tertiary/aromatic N) is 3. The van der Waals surface area contributed by atoms with Gasteiger partial charge >= 0.3 is 0 Å². The van der Waals surface area contributed by atoms with Gasteiger partial charge in [-0.3, -0.25) is 0 Å². The molecule has 1 fully saturated rings. The Morgan fingerprint density at radius 2 is 1.90 bits per heavy atom. The lowest BCUT2D eigenvalue weighted by Crippen LogP contribution is -2.36. The van der Waals surface area contributed by atoms with Gasteiger partial charge in [-0.25, -0.2) is 4.68 Å². The van der Waals surface area contributed by atoms with Crippen molar-refractivity contribution in [3.05, 3.63) is 48.3 Å². The predicted molar refractivity (Wildman–Crippen MR) is 76.7 cm³/mol. The topological polar surface area (TPSA) is 49.2 Å². The highest BCUT2D eigenvalue weighted by Crippen LogP contribution is 2.27. The van der Waals surface area contributed by atoms with Crippen molar-refractivity contribution >= 4 is 12.4 Å². The monoisotopic (exact) mass is 295 g/mol. The summed E-state index contributed by atoms with van der Waals surface area (Å²) in [7, 11) is 0. The predicted octanol–water partition coefficient (Wildman–Crippen LogP) is 2.08. The molecule has 0 N–H and O–H groups in total. The van der Waals surface area contributed by atoms with Gasteiger partial charge in [0, 0.05) is 12.6 Å². The zero-order valence-corrected chi connectivity index (χ0v) is 12.0. The minimum Gasteiger partial charge on any atom is -0.346 e. The molecule has 1 aromatic heterocycles. The molecular weight excluding hydrogens is 278 g/mol. The Bertz CT molecular complexity index is 498. The fourth-order valence-corrected chi connectivity index (χ4v) is 2.36. The van der Waals surface area contributed by atoms with Crippen molar-refractivity contribution in [2.24, 2.45) is 0 Å². The van der Waals surface area contributed by atoms with Gasteiger partial charge in [0.2, 0.25) is 0 Å². The van der Waals surface area contributed by atoms with E-state index in [9.17, 15) is 0 Å². The third-order valence-corrected chi connectivity index (χ3v) is 3.33. The molecule has 0 atom stereocenters. The van der Waals surface area contributed by atoms with Crippen molar-refractivity contribution in [1.29, 1.82) is 0 Å². The summed E-state index contributed by atoms with van der Waals surface area (Å²) in [5.74, 6) is -0.566. The van der Waals surface area contributed by atoms with Crippen LogP contribution in [-0.2, 0) is 22.4 Å². The van der Waals surface area contributed by atoms with Crippen LogP contribution >= 0.6 is 12.4 Å². The lowest BCUT2D eigenvalue weighted by atomic mass is 10.0. The standard InChI is InChI=1S/C14H17N3O2.ClH/c1-2-4-13(5-3-1)6-7-14(18-10-11-19-14)12-17-9-8-15-16-17;/h1-5,8-9H,6-7,10-12H2;1H. The molecule has 0 amide bonds. The SMILES string of the molecule is Cl.c1ccc(CCC2(Cn3ccnn3)OCCO2)cc1. The summed E-state index contributed by atoms with van der Waals surface area (Å²) < 4.78 is 13.4. The van der Waals surface area contributed by atoms with Gasteiger partial charge in [-0.2, -0.15) is 0 Å². The first-order chi connectivity index (χ1) is 9.36. The number of benzene rings is 1. The van der Waals surface area contributed by atoms with Crippen LogP contribution in [0.1, 0.15) is 12.0 Å². The molecular formula is C14H18ClN3O2. The van der Waals surface area contributed by atoms with Crippen LogP contribution in [0.3, 0.4) is 0 Å². The highest BCUT2D eigenvalue weighted by Gasteiger charge is 2.36. The van der Waals surface area contributed by atoms with E-state index in [1.54, 1.807) is 10.9 Å². The number of aryl methyl sites for hydroxylation is 1. The van der Waals surface area contributed by atoms with E-state index in [4.69, 9.17) is 9.47 Å². The van der Waals surface area contributed by atoms with E-state index in [0.717, 1.165) is 12.8 Å². The molecule has 5 nitrogen and oxygen atoms in total. The van der Waals surface area contributed by atoms with E-state index in [2.05, 4.69) is 34.6 Å². The zero-order valence-electron chi connectivity index (χ0n) is 11.1. The molecule has 1 aliphatic heterocycles. The number of hydrogen-bond donors (Lipinski definition) is 0. The molecule has 1 aromatic carbocycles. The summed E-state index contributed by atoms with van der Waals surface area (Å²) in [5, 5.41) is 7.80. The Hall–Kier alpha value is -1.43. The fraction of sp³-hybridized carbons (Fsp3) is 0.429. The summed E-state index contributed by atoms with van der Waals surface area (Å²) in [6.07, 6.45) is 5.24. The van der Waals surface area contributed by atoms with Gasteiger partial charge in [-0.1, -0.05) is 35.5 Å². The molecule has 20 heavy (non-hydrogen) atoms. The molecule has 0 bridgehead atoms. The quantitative estimate of drug-likeness (QED) is 0.847. The van der Waals surface area contributed by atoms with E-state index < -0.39 is 5.79 Å². The average Bonchev–Trinajstić information content (AvgIpc) is 3.11. The van der Waals surface area contributed by atoms with Crippen molar-refractivity contribution in [3.8, 4) is 0 Å². The average molecular weight is 296 g/mol. The van der Waals surface area contributed by atoms with Crippen LogP contribution in [0, 0.1) is 0 Å². The van der Waals surface area contributed by atoms with Crippen LogP contribution in [0.2, 0.25) is 0 Å². The largest absolute Gasteiger partial charge is 0.346 e. The molecule has 0 spiro atoms. The molecule has 108 valence electrons. The molecule has 2 heterocycles. The van der Waals surface area contributed by atoms with Crippen LogP contribution in [0.15, 0.2) is 42.7 Å². The van der Waals surface area contributed by atoms with Crippen molar-refractivity contribution in [2.75, 3.05) is 13.2 Å². The van der Waals surface area contributed by atoms with Gasteiger partial charge in [0.25, 0.3) is 0 Å². The summed E-state index contributed by atoms with van der Waals surface area (Å²) in [4.78, 5) is 0. The van der Waals surface area contributed by atoms with Crippen LogP contribution in [-0.4, -0.2) is 34.0 Å². The second kappa shape index (κ2) is 6.83. The van der Waals surface area contributed by atoms with E-state index >= 15 is 0 Å². The van der Waals surface area contributed by atoms with Gasteiger partial charge in [-0.15, -0.1) is 17.5 Å². The first-order valence-electron chi connectivity index (χ1n) is 6.52. The summed E-state index contributed by atoms with van der Waals surface area (Å²) in [5.41, 5.74) is 1.29. The third kappa shape index (κ3) is 3.56. The van der Waals surface area contributed by atoms with Gasteiger partial charge < -0.3 is 9.47 Å². The molecule has 0 radical (unpaired) electrons. The van der Waals surface area contributed by atoms with Crippen LogP contribution in [0.4, 0.5) is 0 Å². The smallest absolute Gasteiger partial charge is 0.188 e. The molecule has 1 aliphatic rings. The molecule has 3 rings (SSSR count). The Morgan fingerprint density at radius 1 is 1.15 bits per heavy atom. The second-order valence-electron chi connectivity index (χ2n) is 4.69. The molecule has 1 saturated heterocycles. The minimum absolute atomic E-state index is 0. The number of ether oxygens (including phenoxy) is 2. The Kier molecular flexibility index (Phi) is 5.11. The Morgan fingerprint density at radius 3 is 2.55 bits per heavy atom. The van der Waals surface area contributed by atoms with Crippen LogP contribution < -0.4 is 0 Å². The van der Waals surface area contributed by atoms with E-state index in [0.29, 0.717) is 19.8 Å². The van der Waals surface area contributed by atoms with E-state index in [-0.39, 0.29) is 12.4 Å². The fourth-order valence-electron chi connectivity index (χ4n) is 2.36. The Labute approximate surface area is 124 Å². The summed E-state index contributed by atoms with van der Waals surface area (Å²) >= 11 is 0. The number of hydrogen-bond acceptors (Lipinski definition) is 4. The maximum Gasteiger partial charge on any atom is 0.188 e. The summed E-state index contributed by atoms with van der Waals surface area (Å²) in [6.45, 7) is 1.87. The van der Waals surface area contributed by atoms with E-state index in [1.807, 2.05) is 12.3 Å². The highest BCUT2D eigenvalue weighted by molar-refractivity contribution is 5.85. The number of halogens is 1. The highest BCUT2D eigenvalue weighted by atomic mass is 35.5. The van der Waals surface area contributed by atoms with Crippen molar-refractivity contribution < 1.29 is 9.47 Å². The van der Waals surface area contributed by atoms with Gasteiger partial charge in [-0.05, 0) is 12.0 Å². The van der Waals surface area contributed by atoms with Gasteiger partial charge in [0.1, 0.15) is 0 Å². The maximum atomic E-state index is 5.82. The van der Waals surface area contributed by atoms with E-state index in [1.165, 1.54) is 5.56 Å². The Balaban J connectivity index is 0.00000147. The number of rotatable bonds is 5. The maximum absolute atomic E-state index is 5.82. The molecule has 6 heteroatoms. The lowest BCUT2D eigenvalue weighted by molar-refractivity contribution is -0.173. The van der Waals surface area contributed by atoms with Crippen LogP contribution in [0.5, 0.6) is 0 Å². The second-order valence-corrected chi connectivity index (χ2v) is 4.69. The van der Waals surface area contributed by atoms with Gasteiger partial charge in [0.05, 0.1) is 26.0 Å². The van der Waals surface area contributed by atoms with Crippen LogP contribution in [0.25, 0.3) is 0 Å². The lowest BCUT2D eigenvalue weighted by Gasteiger charge is -2.27. The summed E-state index contributed by atoms with van der Waals surface area (Å²) in [6, 6.07) is 10.4. The molecule has 0 aliphatic carbocycles. The molecule has 0 unspecified atom stereocenters. The van der Waals surface area contributed by atoms with Crippen molar-refractivity contribution in [2.45, 2.75) is 25.2 Å². The van der Waals surface area contributed by atoms with Crippen molar-refractivity contribution in [1.82, 2.24) is 15.0 Å². The van der Waals surface area contributed by atoms with Gasteiger partial charge in [0.15, 0.2) is 5.79 Å². The van der Waals surface area contributed by atoms with Crippen molar-refractivity contribution in [3.63, 3.8) is 0 Å². The first-order valence-corrected chi connectivity index (χ1v) is 6.52. The zero-order chi connectivity index (χ0) is 13.0.